The molecule has 4 aromatic rings. The lowest BCUT2D eigenvalue weighted by Crippen LogP contribution is -2.18. The summed E-state index contributed by atoms with van der Waals surface area (Å²) in [4.78, 5) is 0. The van der Waals surface area contributed by atoms with Gasteiger partial charge < -0.3 is 9.47 Å². The maximum absolute atomic E-state index is 15.2. The standard InChI is InChI=1S/C33H33F5O2/c1-2-3-4-5-20-39-28-16-9-23(10-17-28)6-7-24-11-18-29-27(21-24)15-14-26(32(29)35)13-8-25-12-19-31(30(34)22-25)40-33(36,37)38/h9-12,14-19,21-22H,2-8,13,20H2,1H3. The molecule has 0 saturated heterocycles. The number of fused-ring (bicyclic) bond motifs is 1. The van der Waals surface area contributed by atoms with E-state index in [0.717, 1.165) is 54.7 Å². The van der Waals surface area contributed by atoms with E-state index in [2.05, 4.69) is 23.8 Å². The summed E-state index contributed by atoms with van der Waals surface area (Å²) in [7, 11) is 0. The van der Waals surface area contributed by atoms with Crippen molar-refractivity contribution in [1.29, 1.82) is 0 Å². The highest BCUT2D eigenvalue weighted by Crippen LogP contribution is 2.28. The highest BCUT2D eigenvalue weighted by Gasteiger charge is 2.32. The zero-order valence-electron chi connectivity index (χ0n) is 22.5. The number of halogens is 5. The lowest BCUT2D eigenvalue weighted by atomic mass is 9.97. The molecule has 4 aromatic carbocycles. The van der Waals surface area contributed by atoms with Gasteiger partial charge in [-0.2, -0.15) is 0 Å². The van der Waals surface area contributed by atoms with Gasteiger partial charge >= 0.3 is 6.36 Å². The number of unbranched alkanes of at least 4 members (excludes halogenated alkanes) is 3. The first-order valence-electron chi connectivity index (χ1n) is 13.7. The van der Waals surface area contributed by atoms with Gasteiger partial charge in [-0.1, -0.05) is 74.7 Å². The average molecular weight is 557 g/mol. The van der Waals surface area contributed by atoms with Crippen molar-refractivity contribution in [2.24, 2.45) is 0 Å². The molecule has 0 amide bonds. The third-order valence-corrected chi connectivity index (χ3v) is 6.90. The molecular weight excluding hydrogens is 523 g/mol. The molecule has 0 N–H and O–H groups in total. The molecule has 0 unspecified atom stereocenters. The van der Waals surface area contributed by atoms with Crippen molar-refractivity contribution in [2.45, 2.75) is 64.7 Å². The third kappa shape index (κ3) is 8.44. The Labute approximate surface area is 231 Å². The van der Waals surface area contributed by atoms with Crippen LogP contribution in [-0.4, -0.2) is 13.0 Å². The topological polar surface area (TPSA) is 18.5 Å². The molecule has 0 aliphatic heterocycles. The van der Waals surface area contributed by atoms with Crippen LogP contribution in [0.15, 0.2) is 72.8 Å². The van der Waals surface area contributed by atoms with E-state index in [1.165, 1.54) is 30.9 Å². The predicted octanol–water partition coefficient (Wildman–Crippen LogP) is 9.55. The van der Waals surface area contributed by atoms with Gasteiger partial charge in [-0.15, -0.1) is 13.2 Å². The van der Waals surface area contributed by atoms with Crippen molar-refractivity contribution >= 4 is 10.8 Å². The van der Waals surface area contributed by atoms with E-state index in [1.807, 2.05) is 30.3 Å². The second-order valence-corrected chi connectivity index (χ2v) is 9.96. The van der Waals surface area contributed by atoms with E-state index in [9.17, 15) is 17.6 Å². The number of aryl methyl sites for hydroxylation is 4. The molecule has 0 radical (unpaired) electrons. The Hall–Kier alpha value is -3.61. The molecule has 40 heavy (non-hydrogen) atoms. The number of benzene rings is 4. The number of alkyl halides is 3. The molecule has 0 bridgehead atoms. The first kappa shape index (κ1) is 29.4. The van der Waals surface area contributed by atoms with Gasteiger partial charge in [0.25, 0.3) is 0 Å². The molecule has 212 valence electrons. The fourth-order valence-electron chi connectivity index (χ4n) is 4.68. The number of ether oxygens (including phenoxy) is 2. The van der Waals surface area contributed by atoms with Crippen molar-refractivity contribution in [1.82, 2.24) is 0 Å². The molecule has 0 atom stereocenters. The number of hydrogen-bond donors (Lipinski definition) is 0. The van der Waals surface area contributed by atoms with Crippen LogP contribution >= 0.6 is 0 Å². The third-order valence-electron chi connectivity index (χ3n) is 6.90. The van der Waals surface area contributed by atoms with Crippen LogP contribution in [0, 0.1) is 11.6 Å². The summed E-state index contributed by atoms with van der Waals surface area (Å²) in [5.74, 6) is -1.45. The van der Waals surface area contributed by atoms with Crippen LogP contribution in [0.5, 0.6) is 11.5 Å². The maximum atomic E-state index is 15.2. The molecule has 2 nitrogen and oxygen atoms in total. The van der Waals surface area contributed by atoms with Crippen molar-refractivity contribution in [3.63, 3.8) is 0 Å². The highest BCUT2D eigenvalue weighted by molar-refractivity contribution is 5.84. The zero-order chi connectivity index (χ0) is 28.5. The van der Waals surface area contributed by atoms with Gasteiger partial charge in [-0.05, 0) is 84.0 Å². The Balaban J connectivity index is 1.32. The molecule has 0 spiro atoms. The summed E-state index contributed by atoms with van der Waals surface area (Å²) in [5, 5.41) is 1.30. The first-order chi connectivity index (χ1) is 19.2. The van der Waals surface area contributed by atoms with Crippen LogP contribution in [0.2, 0.25) is 0 Å². The van der Waals surface area contributed by atoms with Crippen LogP contribution in [0.4, 0.5) is 22.0 Å². The van der Waals surface area contributed by atoms with Gasteiger partial charge in [-0.3, -0.25) is 0 Å². The Morgan fingerprint density at radius 3 is 2.08 bits per heavy atom. The van der Waals surface area contributed by atoms with Gasteiger partial charge in [-0.25, -0.2) is 8.78 Å². The monoisotopic (exact) mass is 556 g/mol. The first-order valence-corrected chi connectivity index (χ1v) is 13.7. The Kier molecular flexibility index (Phi) is 10.0. The van der Waals surface area contributed by atoms with E-state index in [4.69, 9.17) is 4.74 Å². The molecular formula is C33H33F5O2. The minimum Gasteiger partial charge on any atom is -0.494 e. The maximum Gasteiger partial charge on any atom is 0.573 e. The second kappa shape index (κ2) is 13.6. The van der Waals surface area contributed by atoms with Crippen molar-refractivity contribution in [3.05, 3.63) is 107 Å². The van der Waals surface area contributed by atoms with Gasteiger partial charge in [0.1, 0.15) is 11.6 Å². The molecule has 0 aliphatic rings. The lowest BCUT2D eigenvalue weighted by Gasteiger charge is -2.11. The number of rotatable bonds is 13. The molecule has 4 rings (SSSR count). The van der Waals surface area contributed by atoms with Crippen LogP contribution in [-0.2, 0) is 25.7 Å². The summed E-state index contributed by atoms with van der Waals surface area (Å²) in [5.41, 5.74) is 3.22. The van der Waals surface area contributed by atoms with Crippen LogP contribution in [0.1, 0.15) is 54.9 Å². The largest absolute Gasteiger partial charge is 0.573 e. The fourth-order valence-corrected chi connectivity index (χ4v) is 4.68. The van der Waals surface area contributed by atoms with Gasteiger partial charge in [0.2, 0.25) is 0 Å². The van der Waals surface area contributed by atoms with Crippen LogP contribution in [0.3, 0.4) is 0 Å². The SMILES string of the molecule is CCCCCCOc1ccc(CCc2ccc3c(F)c(CCc4ccc(OC(F)(F)F)c(F)c4)ccc3c2)cc1. The summed E-state index contributed by atoms with van der Waals surface area (Å²) < 4.78 is 75.8. The minimum atomic E-state index is -4.97. The van der Waals surface area contributed by atoms with Crippen molar-refractivity contribution in [3.8, 4) is 11.5 Å². The van der Waals surface area contributed by atoms with E-state index in [0.29, 0.717) is 16.5 Å². The second-order valence-electron chi connectivity index (χ2n) is 9.96. The van der Waals surface area contributed by atoms with Gasteiger partial charge in [0, 0.05) is 5.39 Å². The van der Waals surface area contributed by atoms with Gasteiger partial charge in [0.05, 0.1) is 6.61 Å². The minimum absolute atomic E-state index is 0.270. The molecule has 0 fully saturated rings. The Morgan fingerprint density at radius 1 is 0.675 bits per heavy atom. The van der Waals surface area contributed by atoms with E-state index in [-0.39, 0.29) is 18.7 Å². The zero-order valence-corrected chi connectivity index (χ0v) is 22.5. The van der Waals surface area contributed by atoms with E-state index in [1.54, 1.807) is 12.1 Å². The van der Waals surface area contributed by atoms with E-state index >= 15 is 4.39 Å². The fraction of sp³-hybridized carbons (Fsp3) is 0.333. The molecule has 0 aromatic heterocycles. The summed E-state index contributed by atoms with van der Waals surface area (Å²) in [6.07, 6.45) is 1.95. The molecule has 0 heterocycles. The van der Waals surface area contributed by atoms with Crippen molar-refractivity contribution < 1.29 is 31.4 Å². The summed E-state index contributed by atoms with van der Waals surface area (Å²) >= 11 is 0. The summed E-state index contributed by atoms with van der Waals surface area (Å²) in [6, 6.07) is 20.7. The predicted molar refractivity (Wildman–Crippen MR) is 148 cm³/mol. The lowest BCUT2D eigenvalue weighted by molar-refractivity contribution is -0.275. The Morgan fingerprint density at radius 2 is 1.35 bits per heavy atom. The van der Waals surface area contributed by atoms with Crippen LogP contribution < -0.4 is 9.47 Å². The number of hydrogen-bond acceptors (Lipinski definition) is 2. The average Bonchev–Trinajstić information content (AvgIpc) is 2.93. The van der Waals surface area contributed by atoms with Gasteiger partial charge in [0.15, 0.2) is 11.6 Å². The summed E-state index contributed by atoms with van der Waals surface area (Å²) in [6.45, 7) is 2.93. The molecule has 0 aliphatic carbocycles. The van der Waals surface area contributed by atoms with Crippen molar-refractivity contribution in [2.75, 3.05) is 6.61 Å². The Bertz CT molecular complexity index is 1400. The quantitative estimate of drug-likeness (QED) is 0.121. The van der Waals surface area contributed by atoms with Crippen LogP contribution in [0.25, 0.3) is 10.8 Å². The van der Waals surface area contributed by atoms with E-state index < -0.39 is 17.9 Å². The molecule has 0 saturated carbocycles. The smallest absolute Gasteiger partial charge is 0.494 e. The highest BCUT2D eigenvalue weighted by atomic mass is 19.4. The molecule has 7 heteroatoms. The normalized spacial score (nSPS) is 11.7.